The number of anilines is 2. The zero-order chi connectivity index (χ0) is 25.0. The highest BCUT2D eigenvalue weighted by atomic mass is 19.1. The monoisotopic (exact) mass is 479 g/mol. The van der Waals surface area contributed by atoms with Crippen molar-refractivity contribution in [1.29, 1.82) is 0 Å². The molecule has 0 aliphatic heterocycles. The van der Waals surface area contributed by atoms with Crippen LogP contribution in [-0.2, 0) is 4.74 Å². The third-order valence-electron chi connectivity index (χ3n) is 5.43. The minimum absolute atomic E-state index is 0.00195. The molecule has 0 unspecified atom stereocenters. The third kappa shape index (κ3) is 4.53. The number of alkyl halides is 3. The molecule has 0 bridgehead atoms. The summed E-state index contributed by atoms with van der Waals surface area (Å²) in [4.78, 5) is 34.0. The summed E-state index contributed by atoms with van der Waals surface area (Å²) < 4.78 is 45.4. The number of rotatable bonds is 9. The molecule has 9 nitrogen and oxygen atoms in total. The zero-order valence-corrected chi connectivity index (χ0v) is 18.5. The fourth-order valence-electron chi connectivity index (χ4n) is 3.22. The maximum atomic E-state index is 13.3. The summed E-state index contributed by atoms with van der Waals surface area (Å²) in [6.45, 7) is -2.54. The van der Waals surface area contributed by atoms with Crippen LogP contribution in [0.3, 0.4) is 0 Å². The van der Waals surface area contributed by atoms with Gasteiger partial charge in [-0.05, 0) is 24.6 Å². The van der Waals surface area contributed by atoms with Gasteiger partial charge in [0.2, 0.25) is 0 Å². The highest BCUT2D eigenvalue weighted by molar-refractivity contribution is 6.02. The van der Waals surface area contributed by atoms with Gasteiger partial charge < -0.3 is 20.9 Å². The highest BCUT2D eigenvalue weighted by Crippen LogP contribution is 2.26. The van der Waals surface area contributed by atoms with Crippen molar-refractivity contribution in [1.82, 2.24) is 14.5 Å². The van der Waals surface area contributed by atoms with E-state index >= 15 is 0 Å². The molecule has 2 aromatic heterocycles. The molecule has 1 atom stereocenters. The average molecular weight is 479 g/mol. The number of aliphatic hydroxyl groups is 1. The van der Waals surface area contributed by atoms with E-state index in [1.807, 2.05) is 0 Å². The number of fused-ring (bicyclic) bond motifs is 1. The Kier molecular flexibility index (Phi) is 7.40. The lowest BCUT2D eigenvalue weighted by Crippen LogP contribution is -2.36. The summed E-state index contributed by atoms with van der Waals surface area (Å²) in [5, 5.41) is 12.4. The molecular formula is C22H24F3N5O4. The number of esters is 1. The summed E-state index contributed by atoms with van der Waals surface area (Å²) >= 11 is 0. The Morgan fingerprint density at radius 3 is 2.38 bits per heavy atom. The van der Waals surface area contributed by atoms with Crippen LogP contribution in [0.1, 0.15) is 28.9 Å². The molecule has 0 spiro atoms. The molecule has 0 radical (unpaired) electrons. The summed E-state index contributed by atoms with van der Waals surface area (Å²) in [7, 11) is 1.10. The number of nitrogens with zero attached hydrogens (tertiary/aromatic N) is 3. The topological polar surface area (TPSA) is 132 Å². The first-order chi connectivity index (χ1) is 16.2. The largest absolute Gasteiger partial charge is 0.465 e. The van der Waals surface area contributed by atoms with Crippen LogP contribution >= 0.6 is 0 Å². The predicted molar refractivity (Wildman–Crippen MR) is 120 cm³/mol. The first-order valence-corrected chi connectivity index (χ1v) is 10.2. The fourth-order valence-corrected chi connectivity index (χ4v) is 3.22. The van der Waals surface area contributed by atoms with Crippen molar-refractivity contribution < 1.29 is 27.8 Å². The van der Waals surface area contributed by atoms with E-state index in [0.717, 1.165) is 11.7 Å². The standard InChI is InChI=1S/C22H24F3N5O4/c1-12(31)13-3-5-14(6-4-13)30-19-18(17(26)16(20(30)32)21(33)34-2)27-7-15(29-19)28-11-22(8-23,9-24)10-25/h3-7,12,31H,8-11,26H2,1-2H3,(H,28,29)/t12-/m1/s1. The number of nitrogens with two attached hydrogens (primary N) is 1. The van der Waals surface area contributed by atoms with Gasteiger partial charge in [0.25, 0.3) is 5.56 Å². The van der Waals surface area contributed by atoms with Crippen LogP contribution in [-0.4, -0.2) is 59.3 Å². The van der Waals surface area contributed by atoms with Crippen molar-refractivity contribution >= 4 is 28.6 Å². The maximum absolute atomic E-state index is 13.3. The van der Waals surface area contributed by atoms with E-state index in [4.69, 9.17) is 10.5 Å². The van der Waals surface area contributed by atoms with E-state index in [0.29, 0.717) is 5.56 Å². The number of carbonyl (C=O) groups is 1. The van der Waals surface area contributed by atoms with Gasteiger partial charge in [-0.2, -0.15) is 0 Å². The first kappa shape index (κ1) is 25.0. The molecule has 0 saturated heterocycles. The number of aliphatic hydroxyl groups excluding tert-OH is 1. The molecule has 2 heterocycles. The number of ether oxygens (including phenoxy) is 1. The van der Waals surface area contributed by atoms with Crippen LogP contribution < -0.4 is 16.6 Å². The minimum atomic E-state index is -1.87. The lowest BCUT2D eigenvalue weighted by atomic mass is 9.93. The molecule has 0 fully saturated rings. The van der Waals surface area contributed by atoms with Gasteiger partial charge in [-0.25, -0.2) is 14.8 Å². The van der Waals surface area contributed by atoms with Gasteiger partial charge in [-0.1, -0.05) is 12.1 Å². The Morgan fingerprint density at radius 1 is 1.24 bits per heavy atom. The lowest BCUT2D eigenvalue weighted by molar-refractivity contribution is 0.0599. The number of aromatic nitrogens is 3. The number of nitrogen functional groups attached to an aromatic ring is 1. The maximum Gasteiger partial charge on any atom is 0.345 e. The van der Waals surface area contributed by atoms with Crippen LogP contribution in [0, 0.1) is 5.41 Å². The van der Waals surface area contributed by atoms with Gasteiger partial charge in [-0.3, -0.25) is 22.5 Å². The van der Waals surface area contributed by atoms with E-state index in [2.05, 4.69) is 15.3 Å². The van der Waals surface area contributed by atoms with Crippen molar-refractivity contribution in [3.8, 4) is 5.69 Å². The lowest BCUT2D eigenvalue weighted by Gasteiger charge is -2.24. The third-order valence-corrected chi connectivity index (χ3v) is 5.43. The predicted octanol–water partition coefficient (Wildman–Crippen LogP) is 2.51. The molecule has 1 aromatic carbocycles. The quantitative estimate of drug-likeness (QED) is 0.399. The molecule has 12 heteroatoms. The van der Waals surface area contributed by atoms with Crippen molar-refractivity contribution in [2.24, 2.45) is 5.41 Å². The van der Waals surface area contributed by atoms with Crippen LogP contribution in [0.4, 0.5) is 24.7 Å². The SMILES string of the molecule is COC(=O)c1c(N)c2ncc(NCC(CF)(CF)CF)nc2n(-c2ccc([C@@H](C)O)cc2)c1=O. The summed E-state index contributed by atoms with van der Waals surface area (Å²) in [5.74, 6) is -0.965. The number of pyridine rings is 1. The van der Waals surface area contributed by atoms with E-state index < -0.39 is 55.2 Å². The normalized spacial score (nSPS) is 12.5. The number of hydrogen-bond donors (Lipinski definition) is 3. The van der Waals surface area contributed by atoms with E-state index in [1.165, 1.54) is 18.3 Å². The van der Waals surface area contributed by atoms with E-state index in [-0.39, 0.29) is 28.4 Å². The Balaban J connectivity index is 2.22. The highest BCUT2D eigenvalue weighted by Gasteiger charge is 2.31. The molecule has 3 aromatic rings. The number of carbonyl (C=O) groups excluding carboxylic acids is 1. The smallest absolute Gasteiger partial charge is 0.345 e. The molecule has 3 rings (SSSR count). The van der Waals surface area contributed by atoms with Crippen LogP contribution in [0.2, 0.25) is 0 Å². The molecule has 4 N–H and O–H groups in total. The fraction of sp³-hybridized carbons (Fsp3) is 0.364. The Hall–Kier alpha value is -3.67. The van der Waals surface area contributed by atoms with Crippen LogP contribution in [0.25, 0.3) is 16.9 Å². The van der Waals surface area contributed by atoms with Crippen LogP contribution in [0.15, 0.2) is 35.3 Å². The molecule has 0 aliphatic rings. The molecular weight excluding hydrogens is 455 g/mol. The molecule has 34 heavy (non-hydrogen) atoms. The minimum Gasteiger partial charge on any atom is -0.465 e. The zero-order valence-electron chi connectivity index (χ0n) is 18.5. The van der Waals surface area contributed by atoms with Crippen molar-refractivity contribution in [2.75, 3.05) is 44.7 Å². The number of benzene rings is 1. The number of nitrogens with one attached hydrogen (secondary N) is 1. The van der Waals surface area contributed by atoms with Gasteiger partial charge in [0.15, 0.2) is 11.2 Å². The van der Waals surface area contributed by atoms with Gasteiger partial charge in [0.05, 0.1) is 36.2 Å². The average Bonchev–Trinajstić information content (AvgIpc) is 2.85. The second-order valence-corrected chi connectivity index (χ2v) is 7.87. The molecule has 0 saturated carbocycles. The Bertz CT molecular complexity index is 1240. The number of halogens is 3. The first-order valence-electron chi connectivity index (χ1n) is 10.2. The van der Waals surface area contributed by atoms with Crippen molar-refractivity contribution in [2.45, 2.75) is 13.0 Å². The molecule has 182 valence electrons. The number of hydrogen-bond acceptors (Lipinski definition) is 8. The second kappa shape index (κ2) is 10.1. The van der Waals surface area contributed by atoms with Crippen molar-refractivity contribution in [3.63, 3.8) is 0 Å². The summed E-state index contributed by atoms with van der Waals surface area (Å²) in [6.07, 6.45) is 0.432. The summed E-state index contributed by atoms with van der Waals surface area (Å²) in [6, 6.07) is 6.23. The number of methoxy groups -OCH3 is 1. The van der Waals surface area contributed by atoms with E-state index in [9.17, 15) is 27.9 Å². The molecule has 0 amide bonds. The Labute approximate surface area is 192 Å². The van der Waals surface area contributed by atoms with Crippen LogP contribution in [0.5, 0.6) is 0 Å². The van der Waals surface area contributed by atoms with Gasteiger partial charge in [-0.15, -0.1) is 0 Å². The van der Waals surface area contributed by atoms with Gasteiger partial charge >= 0.3 is 5.97 Å². The molecule has 0 aliphatic carbocycles. The van der Waals surface area contributed by atoms with Gasteiger partial charge in [0, 0.05) is 6.54 Å². The van der Waals surface area contributed by atoms with Gasteiger partial charge in [0.1, 0.15) is 31.4 Å². The second-order valence-electron chi connectivity index (χ2n) is 7.87. The van der Waals surface area contributed by atoms with Crippen molar-refractivity contribution in [3.05, 3.63) is 51.9 Å². The summed E-state index contributed by atoms with van der Waals surface area (Å²) in [5.41, 5.74) is 3.43. The van der Waals surface area contributed by atoms with E-state index in [1.54, 1.807) is 19.1 Å². The Morgan fingerprint density at radius 2 is 1.85 bits per heavy atom.